The molecule has 0 bridgehead atoms. The Morgan fingerprint density at radius 3 is 2.36 bits per heavy atom. The summed E-state index contributed by atoms with van der Waals surface area (Å²) in [5.74, 6) is 5.07. The molecular formula is C27H33N3O6. The number of nitrogens with zero attached hydrogens (tertiary/aromatic N) is 2. The van der Waals surface area contributed by atoms with E-state index < -0.39 is 23.6 Å². The summed E-state index contributed by atoms with van der Waals surface area (Å²) in [4.78, 5) is 37.3. The lowest BCUT2D eigenvalue weighted by Crippen LogP contribution is -2.46. The number of benzene rings is 2. The minimum absolute atomic E-state index is 0.230. The molecule has 9 heteroatoms. The van der Waals surface area contributed by atoms with Gasteiger partial charge in [-0.15, -0.1) is 0 Å². The number of ether oxygens (including phenoxy) is 3. The largest absolute Gasteiger partial charge is 0.480 e. The Labute approximate surface area is 210 Å². The van der Waals surface area contributed by atoms with Gasteiger partial charge in [-0.05, 0) is 58.2 Å². The topological polar surface area (TPSA) is 113 Å². The minimum Gasteiger partial charge on any atom is -0.480 e. The van der Waals surface area contributed by atoms with E-state index in [9.17, 15) is 14.4 Å². The number of nitrogens with two attached hydrogens (primary N) is 1. The van der Waals surface area contributed by atoms with E-state index in [0.717, 1.165) is 22.2 Å². The number of rotatable bonds is 8. The fraction of sp³-hybridized carbons (Fsp3) is 0.370. The summed E-state index contributed by atoms with van der Waals surface area (Å²) in [5.41, 5.74) is 2.72. The number of aromatic nitrogens is 1. The van der Waals surface area contributed by atoms with Gasteiger partial charge in [0.05, 0.1) is 12.1 Å². The van der Waals surface area contributed by atoms with Crippen molar-refractivity contribution < 1.29 is 28.6 Å². The Kier molecular flexibility index (Phi) is 8.37. The molecule has 2 aromatic carbocycles. The van der Waals surface area contributed by atoms with E-state index in [1.165, 1.54) is 0 Å². The van der Waals surface area contributed by atoms with Gasteiger partial charge >= 0.3 is 12.1 Å². The maximum atomic E-state index is 13.0. The number of para-hydroxylation sites is 1. The summed E-state index contributed by atoms with van der Waals surface area (Å²) in [7, 11) is 0. The van der Waals surface area contributed by atoms with Crippen LogP contribution in [0.2, 0.25) is 0 Å². The molecule has 0 aliphatic rings. The lowest BCUT2D eigenvalue weighted by molar-refractivity contribution is -0.145. The van der Waals surface area contributed by atoms with E-state index >= 15 is 0 Å². The van der Waals surface area contributed by atoms with Crippen LogP contribution >= 0.6 is 0 Å². The lowest BCUT2D eigenvalue weighted by atomic mass is 10.0. The van der Waals surface area contributed by atoms with E-state index in [1.54, 1.807) is 38.3 Å². The second-order valence-electron chi connectivity index (χ2n) is 9.30. The van der Waals surface area contributed by atoms with Crippen LogP contribution in [0.15, 0.2) is 48.5 Å². The minimum atomic E-state index is -0.940. The summed E-state index contributed by atoms with van der Waals surface area (Å²) >= 11 is 0. The number of amides is 2. The molecule has 192 valence electrons. The van der Waals surface area contributed by atoms with Crippen LogP contribution in [0, 0.1) is 6.92 Å². The Balaban J connectivity index is 2.02. The average molecular weight is 496 g/mol. The Hall–Kier alpha value is -3.85. The third-order valence-corrected chi connectivity index (χ3v) is 5.46. The van der Waals surface area contributed by atoms with Gasteiger partial charge in [0.15, 0.2) is 6.61 Å². The SMILES string of the molecule is CCOC(=O)COc1cccc2c(Cc3ccccc3)c(C)n(CC(=O)N(N)C(=O)OC(C)(C)C)c12. The summed E-state index contributed by atoms with van der Waals surface area (Å²) in [5, 5.41) is 1.35. The molecule has 36 heavy (non-hydrogen) atoms. The highest BCUT2D eigenvalue weighted by Gasteiger charge is 2.27. The predicted octanol–water partition coefficient (Wildman–Crippen LogP) is 4.12. The standard InChI is InChI=1S/C27H33N3O6/c1-6-34-24(32)17-35-22-14-10-13-20-21(15-19-11-8-7-9-12-19)18(2)29(25(20)22)16-23(31)30(28)26(33)36-27(3,4)5/h7-14H,6,15-17,28H2,1-5H3. The quantitative estimate of drug-likeness (QED) is 0.216. The second-order valence-corrected chi connectivity index (χ2v) is 9.30. The number of esters is 1. The van der Waals surface area contributed by atoms with Crippen LogP contribution < -0.4 is 10.6 Å². The maximum absolute atomic E-state index is 13.0. The van der Waals surface area contributed by atoms with Crippen LogP contribution in [-0.4, -0.2) is 46.4 Å². The van der Waals surface area contributed by atoms with Gasteiger partial charge in [0, 0.05) is 11.1 Å². The van der Waals surface area contributed by atoms with E-state index in [0.29, 0.717) is 22.7 Å². The number of carbonyl (C=O) groups is 3. The molecule has 0 spiro atoms. The molecule has 0 aliphatic heterocycles. The fourth-order valence-electron chi connectivity index (χ4n) is 3.87. The first-order valence-corrected chi connectivity index (χ1v) is 11.8. The normalized spacial score (nSPS) is 11.3. The van der Waals surface area contributed by atoms with Crippen molar-refractivity contribution in [3.05, 3.63) is 65.4 Å². The van der Waals surface area contributed by atoms with Crippen molar-refractivity contribution in [3.63, 3.8) is 0 Å². The molecule has 0 unspecified atom stereocenters. The number of hydrogen-bond acceptors (Lipinski definition) is 7. The predicted molar refractivity (Wildman–Crippen MR) is 135 cm³/mol. The van der Waals surface area contributed by atoms with Gasteiger partial charge in [-0.2, -0.15) is 5.01 Å². The van der Waals surface area contributed by atoms with Crippen LogP contribution in [0.1, 0.15) is 44.5 Å². The molecular weight excluding hydrogens is 462 g/mol. The van der Waals surface area contributed by atoms with Gasteiger partial charge in [0.1, 0.15) is 17.9 Å². The molecule has 0 aliphatic carbocycles. The van der Waals surface area contributed by atoms with Crippen LogP contribution in [0.4, 0.5) is 4.79 Å². The number of imide groups is 1. The number of hydrogen-bond donors (Lipinski definition) is 1. The molecule has 1 heterocycles. The van der Waals surface area contributed by atoms with Gasteiger partial charge in [-0.3, -0.25) is 4.79 Å². The van der Waals surface area contributed by atoms with Gasteiger partial charge in [-0.25, -0.2) is 15.4 Å². The van der Waals surface area contributed by atoms with Crippen LogP contribution in [0.25, 0.3) is 10.9 Å². The molecule has 0 radical (unpaired) electrons. The summed E-state index contributed by atoms with van der Waals surface area (Å²) in [6.07, 6.45) is -0.325. The molecule has 2 amide bonds. The highest BCUT2D eigenvalue weighted by molar-refractivity contribution is 5.95. The number of hydrazine groups is 1. The van der Waals surface area contributed by atoms with E-state index in [2.05, 4.69) is 0 Å². The molecule has 0 fully saturated rings. The van der Waals surface area contributed by atoms with Crippen LogP contribution in [-0.2, 0) is 32.0 Å². The van der Waals surface area contributed by atoms with Gasteiger partial charge in [0.25, 0.3) is 5.91 Å². The highest BCUT2D eigenvalue weighted by Crippen LogP contribution is 2.34. The van der Waals surface area contributed by atoms with E-state index in [4.69, 9.17) is 20.1 Å². The van der Waals surface area contributed by atoms with Gasteiger partial charge < -0.3 is 18.8 Å². The van der Waals surface area contributed by atoms with Crippen molar-refractivity contribution in [3.8, 4) is 5.75 Å². The molecule has 0 saturated carbocycles. The van der Waals surface area contributed by atoms with Crippen molar-refractivity contribution in [2.45, 2.75) is 53.2 Å². The van der Waals surface area contributed by atoms with Gasteiger partial charge in [0.2, 0.25) is 0 Å². The molecule has 9 nitrogen and oxygen atoms in total. The van der Waals surface area contributed by atoms with Crippen molar-refractivity contribution in [2.75, 3.05) is 13.2 Å². The van der Waals surface area contributed by atoms with Crippen molar-refractivity contribution in [1.29, 1.82) is 0 Å². The van der Waals surface area contributed by atoms with Crippen molar-refractivity contribution >= 4 is 28.9 Å². The monoisotopic (exact) mass is 495 g/mol. The number of carbonyl (C=O) groups excluding carboxylic acids is 3. The zero-order valence-electron chi connectivity index (χ0n) is 21.4. The van der Waals surface area contributed by atoms with E-state index in [-0.39, 0.29) is 19.8 Å². The first-order chi connectivity index (χ1) is 17.0. The summed E-state index contributed by atoms with van der Waals surface area (Å²) in [6.45, 7) is 8.43. The average Bonchev–Trinajstić information content (AvgIpc) is 3.08. The second kappa shape index (κ2) is 11.3. The van der Waals surface area contributed by atoms with Crippen LogP contribution in [0.5, 0.6) is 5.75 Å². The summed E-state index contributed by atoms with van der Waals surface area (Å²) < 4.78 is 17.8. The van der Waals surface area contributed by atoms with E-state index in [1.807, 2.05) is 49.4 Å². The molecule has 3 rings (SSSR count). The third kappa shape index (κ3) is 6.42. The van der Waals surface area contributed by atoms with Gasteiger partial charge in [-0.1, -0.05) is 42.5 Å². The highest BCUT2D eigenvalue weighted by atomic mass is 16.6. The fourth-order valence-corrected chi connectivity index (χ4v) is 3.87. The first-order valence-electron chi connectivity index (χ1n) is 11.8. The van der Waals surface area contributed by atoms with Crippen LogP contribution in [0.3, 0.4) is 0 Å². The molecule has 1 aromatic heterocycles. The molecule has 0 atom stereocenters. The molecule has 2 N–H and O–H groups in total. The smallest absolute Gasteiger partial charge is 0.431 e. The van der Waals surface area contributed by atoms with Crippen molar-refractivity contribution in [2.24, 2.45) is 5.84 Å². The lowest BCUT2D eigenvalue weighted by Gasteiger charge is -2.23. The zero-order chi connectivity index (χ0) is 26.5. The summed E-state index contributed by atoms with van der Waals surface area (Å²) in [6, 6.07) is 15.4. The Morgan fingerprint density at radius 2 is 1.72 bits per heavy atom. The molecule has 0 saturated heterocycles. The first kappa shape index (κ1) is 26.7. The zero-order valence-corrected chi connectivity index (χ0v) is 21.4. The Bertz CT molecular complexity index is 1240. The van der Waals surface area contributed by atoms with Crippen molar-refractivity contribution in [1.82, 2.24) is 9.58 Å². The third-order valence-electron chi connectivity index (χ3n) is 5.46. The number of fused-ring (bicyclic) bond motifs is 1. The Morgan fingerprint density at radius 1 is 1.03 bits per heavy atom. The maximum Gasteiger partial charge on any atom is 0.431 e. The molecule has 3 aromatic rings.